The molecule has 1 fully saturated rings. The zero-order chi connectivity index (χ0) is 72.1. The van der Waals surface area contributed by atoms with Crippen molar-refractivity contribution in [2.75, 3.05) is 7.11 Å². The van der Waals surface area contributed by atoms with E-state index in [1.165, 1.54) is 92.5 Å². The standard InChI is InChI=1S/C19H19IO2.2C15H11IO4.C15H11IO3.C13H8INO4/c21-19(22)17-8-4-5-9-18(17)20-16-12-10-15(11-13-16)14-6-2-1-3-7-14;1-20-15(19)10-5-7-12(8-6-10)16-13-4-2-3-11(9-13)14(17)18;1-10(17)20-12-8-6-11(7-9-12)16-14-5-3-2-4-13(14)15(18)19;1-10(17)11-5-7-13(8-6-11)16-14-4-2-3-12(9-14)15(18)19;16-13(17)11-6-1-2-7-12(11)14-9-4-3-5-10(8-9)15(18)19/h4-5,8-14H,1-3,6-7H2;2*2-9H,1H3;2-9H,1H3;1-8H. The lowest BCUT2D eigenvalue weighted by Gasteiger charge is -2.21. The van der Waals surface area contributed by atoms with E-state index >= 15 is 0 Å². The number of nitrogens with zero attached hydrogens (tertiary/aromatic N) is 1. The summed E-state index contributed by atoms with van der Waals surface area (Å²) in [6, 6.07) is 71.1. The molecule has 0 unspecified atom stereocenters. The highest BCUT2D eigenvalue weighted by atomic mass is 127. The van der Waals surface area contributed by atoms with Crippen molar-refractivity contribution in [1.82, 2.24) is 0 Å². The maximum Gasteiger partial charge on any atom is 0.358 e. The fourth-order valence-corrected chi connectivity index (χ4v) is 21.4. The van der Waals surface area contributed by atoms with Gasteiger partial charge in [0.2, 0.25) is 14.3 Å². The Morgan fingerprint density at radius 1 is 0.380 bits per heavy atom. The number of carbonyl (C=O) groups is 8. The van der Waals surface area contributed by atoms with E-state index in [1.54, 1.807) is 121 Å². The largest absolute Gasteiger partial charge is 0.545 e. The quantitative estimate of drug-likeness (QED) is 0.0171. The monoisotopic (exact) mass is 1900 g/mol. The molecule has 100 heavy (non-hydrogen) atoms. The van der Waals surface area contributed by atoms with Crippen LogP contribution in [0.4, 0.5) is 5.69 Å². The van der Waals surface area contributed by atoms with Crippen LogP contribution in [0.3, 0.4) is 0 Å². The Labute approximate surface area is 628 Å². The van der Waals surface area contributed by atoms with Crippen LogP contribution in [0.15, 0.2) is 243 Å². The minimum atomic E-state index is -1.22. The number of nitro groups is 1. The van der Waals surface area contributed by atoms with Gasteiger partial charge in [-0.3, -0.25) is 19.7 Å². The van der Waals surface area contributed by atoms with Gasteiger partial charge in [0, 0.05) is 41.8 Å². The van der Waals surface area contributed by atoms with Gasteiger partial charge in [-0.2, -0.15) is 0 Å². The fraction of sp³-hybridized carbons (Fsp3) is 0.117. The molecule has 0 aromatic heterocycles. The van der Waals surface area contributed by atoms with Crippen molar-refractivity contribution in [2.24, 2.45) is 0 Å². The van der Waals surface area contributed by atoms with E-state index in [9.17, 15) is 74.0 Å². The number of hydrogen-bond donors (Lipinski definition) is 0. The molecule has 0 aliphatic heterocycles. The number of halogens is 5. The maximum absolute atomic E-state index is 11.3. The van der Waals surface area contributed by atoms with Crippen molar-refractivity contribution in [3.63, 3.8) is 0 Å². The number of carbonyl (C=O) groups excluding carboxylic acids is 8. The highest BCUT2D eigenvalue weighted by Gasteiger charge is 2.26. The molecule has 0 amide bonds. The summed E-state index contributed by atoms with van der Waals surface area (Å²) < 4.78 is 19.3. The molecule has 0 radical (unpaired) electrons. The van der Waals surface area contributed by atoms with Gasteiger partial charge in [-0.1, -0.05) is 98.1 Å². The molecular weight excluding hydrogens is 1850 g/mol. The first-order valence-electron chi connectivity index (χ1n) is 30.2. The molecule has 18 nitrogen and oxygen atoms in total. The summed E-state index contributed by atoms with van der Waals surface area (Å²) in [5.41, 5.74) is 3.78. The van der Waals surface area contributed by atoms with Gasteiger partial charge in [-0.15, -0.1) is 0 Å². The van der Waals surface area contributed by atoms with E-state index in [2.05, 4.69) is 29.0 Å². The molecule has 0 N–H and O–H groups in total. The summed E-state index contributed by atoms with van der Waals surface area (Å²) in [6.07, 6.45) is 6.68. The van der Waals surface area contributed by atoms with Crippen LogP contribution in [0.5, 0.6) is 5.75 Å². The normalized spacial score (nSPS) is 11.3. The number of hydrogen-bond acceptors (Lipinski definition) is 17. The van der Waals surface area contributed by atoms with Gasteiger partial charge >= 0.3 is 118 Å². The summed E-state index contributed by atoms with van der Waals surface area (Å²) in [5, 5.41) is 65.5. The third-order valence-corrected chi connectivity index (χ3v) is 27.8. The van der Waals surface area contributed by atoms with Crippen molar-refractivity contribution in [3.05, 3.63) is 333 Å². The molecule has 510 valence electrons. The lowest BCUT2D eigenvalue weighted by Crippen LogP contribution is -3.61. The number of Topliss-reactive ketones (excluding diaryl/α,β-unsaturated/α-hetero) is 1. The van der Waals surface area contributed by atoms with Crippen LogP contribution >= 0.6 is 0 Å². The van der Waals surface area contributed by atoms with Gasteiger partial charge in [0.05, 0.1) is 70.2 Å². The number of ketones is 1. The molecule has 1 saturated carbocycles. The minimum Gasteiger partial charge on any atom is -0.545 e. The molecule has 0 atom stereocenters. The fourth-order valence-electron chi connectivity index (χ4n) is 9.21. The smallest absolute Gasteiger partial charge is 0.358 e. The molecule has 10 aromatic carbocycles. The van der Waals surface area contributed by atoms with Crippen molar-refractivity contribution in [1.29, 1.82) is 0 Å². The molecule has 11 rings (SSSR count). The highest BCUT2D eigenvalue weighted by molar-refractivity contribution is 5.94. The van der Waals surface area contributed by atoms with Crippen LogP contribution in [0.1, 0.15) is 130 Å². The van der Waals surface area contributed by atoms with E-state index in [0.717, 1.165) is 34.5 Å². The second-order valence-electron chi connectivity index (χ2n) is 21.1. The second kappa shape index (κ2) is 40.5. The van der Waals surface area contributed by atoms with E-state index < -0.39 is 141 Å². The lowest BCUT2D eigenvalue weighted by molar-refractivity contribution is -0.598. The first-order valence-corrected chi connectivity index (χ1v) is 41.0. The third kappa shape index (κ3) is 25.7. The number of carboxylic acid groups (broad SMARTS) is 5. The number of aromatic carboxylic acids is 5. The van der Waals surface area contributed by atoms with Crippen molar-refractivity contribution < 1.29 is 184 Å². The van der Waals surface area contributed by atoms with Gasteiger partial charge < -0.3 is 59.0 Å². The topological polar surface area (TPSA) is 313 Å². The zero-order valence-electron chi connectivity index (χ0n) is 53.5. The third-order valence-electron chi connectivity index (χ3n) is 14.0. The van der Waals surface area contributed by atoms with Crippen molar-refractivity contribution in [3.8, 4) is 5.75 Å². The second-order valence-corrected chi connectivity index (χ2v) is 36.0. The first-order chi connectivity index (χ1) is 48.0. The number of rotatable bonds is 20. The minimum absolute atomic E-state index is 0.0168. The highest BCUT2D eigenvalue weighted by Crippen LogP contribution is 2.32. The Morgan fingerprint density at radius 3 is 1.14 bits per heavy atom. The van der Waals surface area contributed by atoms with Gasteiger partial charge in [0.25, 0.3) is 5.69 Å². The van der Waals surface area contributed by atoms with Crippen LogP contribution in [0.25, 0.3) is 0 Å². The Kier molecular flexibility index (Phi) is 31.8. The number of nitro benzene ring substituents is 1. The van der Waals surface area contributed by atoms with Crippen LogP contribution < -0.4 is 136 Å². The number of carboxylic acids is 5. The number of esters is 2. The number of benzene rings is 10. The van der Waals surface area contributed by atoms with Crippen LogP contribution in [-0.4, -0.2) is 59.6 Å². The zero-order valence-corrected chi connectivity index (χ0v) is 64.3. The van der Waals surface area contributed by atoms with Crippen LogP contribution in [-0.2, 0) is 9.53 Å². The molecule has 10 aromatic rings. The molecule has 0 bridgehead atoms. The van der Waals surface area contributed by atoms with Crippen LogP contribution in [0, 0.1) is 45.8 Å². The van der Waals surface area contributed by atoms with Crippen LogP contribution in [0.2, 0.25) is 0 Å². The number of ether oxygens (including phenoxy) is 2. The summed E-state index contributed by atoms with van der Waals surface area (Å²) >= 11 is -2.84. The maximum atomic E-state index is 11.3. The van der Waals surface area contributed by atoms with E-state index in [0.29, 0.717) is 26.0 Å². The Morgan fingerprint density at radius 2 is 0.750 bits per heavy atom. The number of methoxy groups -OCH3 is 1. The van der Waals surface area contributed by atoms with Gasteiger partial charge in [0.1, 0.15) is 5.75 Å². The van der Waals surface area contributed by atoms with E-state index in [4.69, 9.17) is 4.74 Å². The summed E-state index contributed by atoms with van der Waals surface area (Å²) in [5.74, 6) is -5.26. The summed E-state index contributed by atoms with van der Waals surface area (Å²) in [4.78, 5) is 98.3. The molecule has 0 spiro atoms. The SMILES string of the molecule is CC(=O)Oc1ccc([I+]c2ccccc2C(=O)[O-])cc1.CC(=O)c1ccc([I+]c2cccc(C(=O)[O-])c2)cc1.COC(=O)c1ccc([I+]c2cccc(C(=O)[O-])c2)cc1.O=C([O-])c1ccccc1[I+]c1ccc(C2CCCCC2)cc1.O=C([O-])c1ccccc1[I+]c1cccc([N+](=O)[O-])c1. The predicted molar refractivity (Wildman–Crippen MR) is 338 cm³/mol. The lowest BCUT2D eigenvalue weighted by atomic mass is 9.84. The van der Waals surface area contributed by atoms with Gasteiger partial charge in [0.15, 0.2) is 27.2 Å². The van der Waals surface area contributed by atoms with E-state index in [-0.39, 0.29) is 45.7 Å². The molecule has 0 heterocycles. The molecular formula is C77H60I5NO17. The molecule has 1 aliphatic rings. The molecule has 1 aliphatic carbocycles. The number of non-ortho nitro benzene ring substituents is 1. The van der Waals surface area contributed by atoms with Crippen molar-refractivity contribution in [2.45, 2.75) is 51.9 Å². The predicted octanol–water partition coefficient (Wildman–Crippen LogP) is -7.24. The average molecular weight is 1910 g/mol. The molecule has 23 heteroatoms. The van der Waals surface area contributed by atoms with Gasteiger partial charge in [-0.25, -0.2) is 4.79 Å². The average Bonchev–Trinajstić information content (AvgIpc) is 0.887. The molecule has 0 saturated heterocycles. The Balaban J connectivity index is 0.000000176. The summed E-state index contributed by atoms with van der Waals surface area (Å²) in [7, 11) is 1.34. The van der Waals surface area contributed by atoms with Gasteiger partial charge in [-0.05, 0) is 171 Å². The van der Waals surface area contributed by atoms with E-state index in [1.807, 2.05) is 66.7 Å². The Hall–Kier alpha value is -8.79. The van der Waals surface area contributed by atoms with Crippen molar-refractivity contribution >= 4 is 53.3 Å². The Bertz CT molecular complexity index is 4510. The summed E-state index contributed by atoms with van der Waals surface area (Å²) in [6.45, 7) is 2.88. The first kappa shape index (κ1) is 78.5.